The molecule has 0 spiro atoms. The molecule has 0 aliphatic carbocycles. The number of ketones is 1. The van der Waals surface area contributed by atoms with Crippen LogP contribution in [-0.2, 0) is 4.79 Å². The lowest BCUT2D eigenvalue weighted by Crippen LogP contribution is -2.17. The van der Waals surface area contributed by atoms with E-state index in [0.29, 0.717) is 23.1 Å². The van der Waals surface area contributed by atoms with Gasteiger partial charge in [-0.3, -0.25) is 14.4 Å². The van der Waals surface area contributed by atoms with E-state index in [1.54, 1.807) is 24.3 Å². The maximum Gasteiger partial charge on any atom is 0.232 e. The Morgan fingerprint density at radius 1 is 1.05 bits per heavy atom. The van der Waals surface area contributed by atoms with Crippen LogP contribution in [0, 0.1) is 13.8 Å². The number of rotatable bonds is 5. The topological polar surface area (TPSA) is 63.2 Å². The summed E-state index contributed by atoms with van der Waals surface area (Å²) in [5, 5.41) is 2.76. The molecule has 2 aromatic carbocycles. The highest BCUT2D eigenvalue weighted by molar-refractivity contribution is 6.11. The summed E-state index contributed by atoms with van der Waals surface area (Å²) in [6.07, 6.45) is 0.481. The first-order chi connectivity index (χ1) is 10.5. The second-order valence-electron chi connectivity index (χ2n) is 5.21. The van der Waals surface area contributed by atoms with E-state index in [0.717, 1.165) is 11.1 Å². The van der Waals surface area contributed by atoms with Gasteiger partial charge >= 0.3 is 0 Å². The Bertz CT molecular complexity index is 718. The van der Waals surface area contributed by atoms with Crippen molar-refractivity contribution in [3.63, 3.8) is 0 Å². The van der Waals surface area contributed by atoms with Gasteiger partial charge in [0.1, 0.15) is 6.29 Å². The van der Waals surface area contributed by atoms with Crippen LogP contribution < -0.4 is 5.32 Å². The molecule has 2 aromatic rings. The molecule has 0 fully saturated rings. The molecule has 0 bridgehead atoms. The number of anilines is 1. The zero-order chi connectivity index (χ0) is 16.1. The van der Waals surface area contributed by atoms with Crippen molar-refractivity contribution in [3.05, 3.63) is 64.7 Å². The number of Topliss-reactive ketones (excluding diaryl/α,β-unsaturated/α-hetero) is 1. The van der Waals surface area contributed by atoms with Crippen molar-refractivity contribution in [1.82, 2.24) is 0 Å². The predicted molar refractivity (Wildman–Crippen MR) is 85.3 cm³/mol. The van der Waals surface area contributed by atoms with E-state index in [1.165, 1.54) is 0 Å². The van der Waals surface area contributed by atoms with Gasteiger partial charge in [0.2, 0.25) is 5.91 Å². The van der Waals surface area contributed by atoms with Gasteiger partial charge in [-0.25, -0.2) is 0 Å². The van der Waals surface area contributed by atoms with Crippen molar-refractivity contribution in [2.24, 2.45) is 0 Å². The standard InChI is InChI=1S/C18H17NO3/c1-12-3-4-13(2)16(9-12)19-18(22)10-17(21)15-7-5-14(11-20)6-8-15/h3-9,11H,10H2,1-2H3,(H,19,22). The number of carbonyl (C=O) groups excluding carboxylic acids is 3. The minimum absolute atomic E-state index is 0.228. The molecule has 112 valence electrons. The summed E-state index contributed by atoms with van der Waals surface area (Å²) in [5.41, 5.74) is 3.62. The molecule has 0 unspecified atom stereocenters. The van der Waals surface area contributed by atoms with Crippen LogP contribution >= 0.6 is 0 Å². The third-order valence-corrected chi connectivity index (χ3v) is 3.36. The molecule has 0 saturated heterocycles. The minimum atomic E-state index is -0.349. The fourth-order valence-electron chi connectivity index (χ4n) is 2.06. The average molecular weight is 295 g/mol. The molecule has 0 saturated carbocycles. The molecule has 1 amide bonds. The van der Waals surface area contributed by atoms with Crippen molar-refractivity contribution in [2.45, 2.75) is 20.3 Å². The first-order valence-corrected chi connectivity index (χ1v) is 6.95. The SMILES string of the molecule is Cc1ccc(C)c(NC(=O)CC(=O)c2ccc(C=O)cc2)c1. The van der Waals surface area contributed by atoms with Crippen LogP contribution in [0.5, 0.6) is 0 Å². The predicted octanol–water partition coefficient (Wildman–Crippen LogP) is 3.33. The van der Waals surface area contributed by atoms with Gasteiger partial charge in [0.25, 0.3) is 0 Å². The fraction of sp³-hybridized carbons (Fsp3) is 0.167. The van der Waals surface area contributed by atoms with Gasteiger partial charge in [-0.05, 0) is 31.0 Å². The van der Waals surface area contributed by atoms with Crippen LogP contribution in [0.3, 0.4) is 0 Å². The molecule has 0 aromatic heterocycles. The number of benzene rings is 2. The van der Waals surface area contributed by atoms with Crippen LogP contribution in [0.15, 0.2) is 42.5 Å². The molecule has 0 aliphatic heterocycles. The Hall–Kier alpha value is -2.75. The second kappa shape index (κ2) is 6.80. The lowest BCUT2D eigenvalue weighted by molar-refractivity contribution is -0.115. The zero-order valence-electron chi connectivity index (χ0n) is 12.6. The molecule has 22 heavy (non-hydrogen) atoms. The quantitative estimate of drug-likeness (QED) is 0.523. The van der Waals surface area contributed by atoms with E-state index < -0.39 is 0 Å². The number of hydrogen-bond donors (Lipinski definition) is 1. The molecule has 0 atom stereocenters. The maximum atomic E-state index is 12.0. The van der Waals surface area contributed by atoms with E-state index in [1.807, 2.05) is 32.0 Å². The third-order valence-electron chi connectivity index (χ3n) is 3.36. The van der Waals surface area contributed by atoms with Gasteiger partial charge in [-0.2, -0.15) is 0 Å². The number of aldehydes is 1. The normalized spacial score (nSPS) is 10.1. The monoisotopic (exact) mass is 295 g/mol. The Kier molecular flexibility index (Phi) is 4.84. The Balaban J connectivity index is 2.03. The van der Waals surface area contributed by atoms with Gasteiger partial charge in [-0.15, -0.1) is 0 Å². The summed E-state index contributed by atoms with van der Waals surface area (Å²) in [5.74, 6) is -0.626. The van der Waals surface area contributed by atoms with Gasteiger partial charge < -0.3 is 5.32 Å². The lowest BCUT2D eigenvalue weighted by Gasteiger charge is -2.09. The fourth-order valence-corrected chi connectivity index (χ4v) is 2.06. The zero-order valence-corrected chi connectivity index (χ0v) is 12.6. The van der Waals surface area contributed by atoms with Gasteiger partial charge in [0.05, 0.1) is 6.42 Å². The van der Waals surface area contributed by atoms with Crippen molar-refractivity contribution >= 4 is 23.7 Å². The number of carbonyl (C=O) groups is 3. The van der Waals surface area contributed by atoms with E-state index in [-0.39, 0.29) is 18.1 Å². The summed E-state index contributed by atoms with van der Waals surface area (Å²) in [6.45, 7) is 3.84. The lowest BCUT2D eigenvalue weighted by atomic mass is 10.1. The summed E-state index contributed by atoms with van der Waals surface area (Å²) >= 11 is 0. The molecular weight excluding hydrogens is 278 g/mol. The van der Waals surface area contributed by atoms with Gasteiger partial charge in [0, 0.05) is 16.8 Å². The number of amides is 1. The Morgan fingerprint density at radius 2 is 1.73 bits per heavy atom. The van der Waals surface area contributed by atoms with Gasteiger partial charge in [-0.1, -0.05) is 36.4 Å². The number of aryl methyl sites for hydroxylation is 2. The highest BCUT2D eigenvalue weighted by atomic mass is 16.2. The largest absolute Gasteiger partial charge is 0.325 e. The van der Waals surface area contributed by atoms with Crippen molar-refractivity contribution in [1.29, 1.82) is 0 Å². The highest BCUT2D eigenvalue weighted by Crippen LogP contribution is 2.17. The van der Waals surface area contributed by atoms with E-state index >= 15 is 0 Å². The van der Waals surface area contributed by atoms with Crippen molar-refractivity contribution in [3.8, 4) is 0 Å². The Morgan fingerprint density at radius 3 is 2.36 bits per heavy atom. The molecule has 2 rings (SSSR count). The molecule has 0 aliphatic rings. The summed E-state index contributed by atoms with van der Waals surface area (Å²) < 4.78 is 0. The van der Waals surface area contributed by atoms with Crippen LogP contribution in [0.4, 0.5) is 5.69 Å². The maximum absolute atomic E-state index is 12.0. The molecule has 0 radical (unpaired) electrons. The van der Waals surface area contributed by atoms with E-state index in [4.69, 9.17) is 0 Å². The third kappa shape index (κ3) is 3.88. The van der Waals surface area contributed by atoms with Crippen molar-refractivity contribution < 1.29 is 14.4 Å². The molecule has 0 heterocycles. The van der Waals surface area contributed by atoms with Crippen LogP contribution in [0.25, 0.3) is 0 Å². The van der Waals surface area contributed by atoms with Crippen LogP contribution in [0.1, 0.15) is 38.3 Å². The van der Waals surface area contributed by atoms with Crippen LogP contribution in [-0.4, -0.2) is 18.0 Å². The van der Waals surface area contributed by atoms with Gasteiger partial charge in [0.15, 0.2) is 5.78 Å². The summed E-state index contributed by atoms with van der Waals surface area (Å²) in [7, 11) is 0. The summed E-state index contributed by atoms with van der Waals surface area (Å²) in [4.78, 5) is 34.6. The van der Waals surface area contributed by atoms with Crippen molar-refractivity contribution in [2.75, 3.05) is 5.32 Å². The first-order valence-electron chi connectivity index (χ1n) is 6.95. The van der Waals surface area contributed by atoms with E-state index in [9.17, 15) is 14.4 Å². The number of nitrogens with one attached hydrogen (secondary N) is 1. The molecule has 4 heteroatoms. The smallest absolute Gasteiger partial charge is 0.232 e. The molecular formula is C18H17NO3. The average Bonchev–Trinajstić information content (AvgIpc) is 2.51. The minimum Gasteiger partial charge on any atom is -0.325 e. The van der Waals surface area contributed by atoms with Crippen LogP contribution in [0.2, 0.25) is 0 Å². The first kappa shape index (κ1) is 15.6. The second-order valence-corrected chi connectivity index (χ2v) is 5.21. The summed E-state index contributed by atoms with van der Waals surface area (Å²) in [6, 6.07) is 12.0. The van der Waals surface area contributed by atoms with E-state index in [2.05, 4.69) is 5.32 Å². The molecule has 1 N–H and O–H groups in total. The number of hydrogen-bond acceptors (Lipinski definition) is 3. The molecule has 4 nitrogen and oxygen atoms in total. The Labute approximate surface area is 129 Å². The highest BCUT2D eigenvalue weighted by Gasteiger charge is 2.13.